The lowest BCUT2D eigenvalue weighted by molar-refractivity contribution is -0.182. The molecule has 2 rings (SSSR count). The van der Waals surface area contributed by atoms with Crippen LogP contribution in [0.2, 0.25) is 0 Å². The number of nitrogens with one attached hydrogen (secondary N) is 1. The van der Waals surface area contributed by atoms with Crippen LogP contribution in [0.25, 0.3) is 0 Å². The van der Waals surface area contributed by atoms with Crippen LogP contribution in [0.1, 0.15) is 18.5 Å². The minimum Gasteiger partial charge on any atom is -0.363 e. The lowest BCUT2D eigenvalue weighted by Gasteiger charge is -2.31. The predicted molar refractivity (Wildman–Crippen MR) is 66.2 cm³/mol. The topological polar surface area (TPSA) is 79.2 Å². The van der Waals surface area contributed by atoms with Crippen LogP contribution in [-0.4, -0.2) is 37.0 Å². The highest BCUT2D eigenvalue weighted by Crippen LogP contribution is 2.35. The van der Waals surface area contributed by atoms with E-state index in [4.69, 9.17) is 5.73 Å². The molecule has 1 aromatic heterocycles. The van der Waals surface area contributed by atoms with Crippen molar-refractivity contribution >= 4 is 10.0 Å². The summed E-state index contributed by atoms with van der Waals surface area (Å²) in [6.45, 7) is -0.0586. The summed E-state index contributed by atoms with van der Waals surface area (Å²) in [5, 5.41) is 0. The molecule has 0 aliphatic carbocycles. The standard InChI is InChI=1S/C11H16F3N3O2S/c12-11(13,14)8-1-3-17(4-2-8)20(18,19)10-5-9(6-15)16-7-10/h5,7-8,16H,1-4,6,15H2. The summed E-state index contributed by atoms with van der Waals surface area (Å²) in [5.74, 6) is -1.42. The molecule has 114 valence electrons. The number of aromatic nitrogens is 1. The van der Waals surface area contributed by atoms with Gasteiger partial charge in [-0.3, -0.25) is 0 Å². The number of nitrogens with zero attached hydrogens (tertiary/aromatic N) is 1. The largest absolute Gasteiger partial charge is 0.391 e. The van der Waals surface area contributed by atoms with Gasteiger partial charge in [0.15, 0.2) is 0 Å². The minimum atomic E-state index is -4.25. The van der Waals surface area contributed by atoms with Gasteiger partial charge in [0.25, 0.3) is 0 Å². The van der Waals surface area contributed by atoms with Gasteiger partial charge in [-0.1, -0.05) is 0 Å². The number of aromatic amines is 1. The van der Waals surface area contributed by atoms with E-state index in [0.29, 0.717) is 5.69 Å². The summed E-state index contributed by atoms with van der Waals surface area (Å²) in [6.07, 6.45) is -3.34. The van der Waals surface area contributed by atoms with Crippen molar-refractivity contribution in [3.63, 3.8) is 0 Å². The highest BCUT2D eigenvalue weighted by atomic mass is 32.2. The van der Waals surface area contributed by atoms with Crippen LogP contribution in [0, 0.1) is 5.92 Å². The van der Waals surface area contributed by atoms with Crippen LogP contribution in [0.4, 0.5) is 13.2 Å². The molecule has 3 N–H and O–H groups in total. The highest BCUT2D eigenvalue weighted by Gasteiger charge is 2.43. The molecule has 1 aromatic rings. The van der Waals surface area contributed by atoms with Crippen LogP contribution in [0.15, 0.2) is 17.2 Å². The number of nitrogens with two attached hydrogens (primary N) is 1. The molecule has 1 aliphatic heterocycles. The second kappa shape index (κ2) is 5.38. The average molecular weight is 311 g/mol. The van der Waals surface area contributed by atoms with Crippen molar-refractivity contribution in [2.75, 3.05) is 13.1 Å². The van der Waals surface area contributed by atoms with Crippen LogP contribution in [0.5, 0.6) is 0 Å². The third kappa shape index (κ3) is 2.99. The van der Waals surface area contributed by atoms with E-state index in [2.05, 4.69) is 4.98 Å². The number of piperidine rings is 1. The number of rotatable bonds is 3. The zero-order chi connectivity index (χ0) is 15.0. The SMILES string of the molecule is NCc1cc(S(=O)(=O)N2CCC(C(F)(F)F)CC2)c[nH]1. The van der Waals surface area contributed by atoms with E-state index in [-0.39, 0.29) is 37.4 Å². The second-order valence-corrected chi connectivity index (χ2v) is 6.72. The smallest absolute Gasteiger partial charge is 0.363 e. The molecule has 2 heterocycles. The van der Waals surface area contributed by atoms with Gasteiger partial charge in [0.05, 0.1) is 10.8 Å². The molecule has 1 aliphatic rings. The van der Waals surface area contributed by atoms with Gasteiger partial charge in [0.2, 0.25) is 10.0 Å². The van der Waals surface area contributed by atoms with E-state index in [9.17, 15) is 21.6 Å². The zero-order valence-corrected chi connectivity index (χ0v) is 11.5. The molecule has 9 heteroatoms. The van der Waals surface area contributed by atoms with Crippen molar-refractivity contribution < 1.29 is 21.6 Å². The number of alkyl halides is 3. The summed E-state index contributed by atoms with van der Waals surface area (Å²) in [7, 11) is -3.74. The van der Waals surface area contributed by atoms with Gasteiger partial charge in [-0.25, -0.2) is 8.42 Å². The maximum absolute atomic E-state index is 12.6. The van der Waals surface area contributed by atoms with E-state index < -0.39 is 22.1 Å². The first-order valence-corrected chi connectivity index (χ1v) is 7.63. The number of hydrogen-bond acceptors (Lipinski definition) is 3. The zero-order valence-electron chi connectivity index (χ0n) is 10.7. The van der Waals surface area contributed by atoms with Crippen LogP contribution in [0.3, 0.4) is 0 Å². The van der Waals surface area contributed by atoms with E-state index in [1.807, 2.05) is 0 Å². The Morgan fingerprint density at radius 1 is 1.35 bits per heavy atom. The normalized spacial score (nSPS) is 19.4. The molecule has 0 radical (unpaired) electrons. The summed E-state index contributed by atoms with van der Waals surface area (Å²) in [5.41, 5.74) is 5.95. The Kier molecular flexibility index (Phi) is 4.12. The molecule has 0 bridgehead atoms. The van der Waals surface area contributed by atoms with Crippen molar-refractivity contribution in [3.8, 4) is 0 Å². The molecule has 1 fully saturated rings. The monoisotopic (exact) mass is 311 g/mol. The lowest BCUT2D eigenvalue weighted by atomic mass is 9.98. The Bertz CT molecular complexity index is 560. The van der Waals surface area contributed by atoms with Gasteiger partial charge in [-0.15, -0.1) is 0 Å². The quantitative estimate of drug-likeness (QED) is 0.886. The van der Waals surface area contributed by atoms with Crippen LogP contribution in [-0.2, 0) is 16.6 Å². The first-order chi connectivity index (χ1) is 9.25. The Labute approximate surface area is 115 Å². The molecule has 0 aromatic carbocycles. The maximum Gasteiger partial charge on any atom is 0.391 e. The molecule has 0 atom stereocenters. The fourth-order valence-corrected chi connectivity index (χ4v) is 3.75. The first-order valence-electron chi connectivity index (χ1n) is 6.19. The molecular formula is C11H16F3N3O2S. The maximum atomic E-state index is 12.6. The fourth-order valence-electron chi connectivity index (χ4n) is 2.26. The van der Waals surface area contributed by atoms with Crippen molar-refractivity contribution in [2.45, 2.75) is 30.5 Å². The number of hydrogen-bond donors (Lipinski definition) is 2. The molecule has 0 spiro atoms. The molecule has 5 nitrogen and oxygen atoms in total. The van der Waals surface area contributed by atoms with Crippen molar-refractivity contribution in [1.29, 1.82) is 0 Å². The number of H-pyrrole nitrogens is 1. The first kappa shape index (κ1) is 15.3. The predicted octanol–water partition coefficient (Wildman–Crippen LogP) is 1.44. The molecule has 0 amide bonds. The van der Waals surface area contributed by atoms with Gasteiger partial charge in [0, 0.05) is 31.5 Å². The highest BCUT2D eigenvalue weighted by molar-refractivity contribution is 7.89. The molecular weight excluding hydrogens is 295 g/mol. The van der Waals surface area contributed by atoms with Crippen LogP contribution >= 0.6 is 0 Å². The molecule has 20 heavy (non-hydrogen) atoms. The third-order valence-electron chi connectivity index (χ3n) is 3.49. The van der Waals surface area contributed by atoms with Crippen LogP contribution < -0.4 is 5.73 Å². The van der Waals surface area contributed by atoms with E-state index in [0.717, 1.165) is 4.31 Å². The van der Waals surface area contributed by atoms with E-state index in [1.165, 1.54) is 12.3 Å². The fraction of sp³-hybridized carbons (Fsp3) is 0.636. The summed E-state index contributed by atoms with van der Waals surface area (Å²) in [4.78, 5) is 2.77. The summed E-state index contributed by atoms with van der Waals surface area (Å²) < 4.78 is 63.3. The van der Waals surface area contributed by atoms with Gasteiger partial charge in [-0.05, 0) is 18.9 Å². The van der Waals surface area contributed by atoms with Gasteiger partial charge in [0.1, 0.15) is 0 Å². The second-order valence-electron chi connectivity index (χ2n) is 4.78. The lowest BCUT2D eigenvalue weighted by Crippen LogP contribution is -2.41. The number of halogens is 3. The molecule has 0 saturated carbocycles. The summed E-state index contributed by atoms with van der Waals surface area (Å²) in [6, 6.07) is 1.41. The third-order valence-corrected chi connectivity index (χ3v) is 5.37. The van der Waals surface area contributed by atoms with Crippen molar-refractivity contribution in [3.05, 3.63) is 18.0 Å². The average Bonchev–Trinajstić information content (AvgIpc) is 2.87. The van der Waals surface area contributed by atoms with E-state index in [1.54, 1.807) is 0 Å². The van der Waals surface area contributed by atoms with Crippen molar-refractivity contribution in [2.24, 2.45) is 11.7 Å². The Balaban J connectivity index is 2.09. The Morgan fingerprint density at radius 3 is 2.40 bits per heavy atom. The minimum absolute atomic E-state index is 0.0448. The van der Waals surface area contributed by atoms with E-state index >= 15 is 0 Å². The Hall–Kier alpha value is -1.06. The molecule has 0 unspecified atom stereocenters. The van der Waals surface area contributed by atoms with Gasteiger partial charge >= 0.3 is 6.18 Å². The number of sulfonamides is 1. The van der Waals surface area contributed by atoms with Gasteiger partial charge in [-0.2, -0.15) is 17.5 Å². The van der Waals surface area contributed by atoms with Gasteiger partial charge < -0.3 is 10.7 Å². The summed E-state index contributed by atoms with van der Waals surface area (Å²) >= 11 is 0. The van der Waals surface area contributed by atoms with Crippen molar-refractivity contribution in [1.82, 2.24) is 9.29 Å². The molecule has 1 saturated heterocycles. The Morgan fingerprint density at radius 2 is 1.95 bits per heavy atom.